The lowest BCUT2D eigenvalue weighted by Crippen LogP contribution is -2.48. The van der Waals surface area contributed by atoms with E-state index in [1.54, 1.807) is 12.3 Å². The Bertz CT molecular complexity index is 1330. The molecule has 3 aromatic heterocycles. The number of rotatable bonds is 4. The van der Waals surface area contributed by atoms with Gasteiger partial charge in [0.05, 0.1) is 12.6 Å². The van der Waals surface area contributed by atoms with Crippen LogP contribution in [0.5, 0.6) is 0 Å². The minimum atomic E-state index is -1.56. The molecule has 0 saturated carbocycles. The number of pyridine rings is 1. The lowest BCUT2D eigenvalue weighted by Gasteiger charge is -2.35. The summed E-state index contributed by atoms with van der Waals surface area (Å²) < 4.78 is 57.8. The third-order valence-electron chi connectivity index (χ3n) is 5.66. The van der Waals surface area contributed by atoms with Gasteiger partial charge in [-0.2, -0.15) is 4.98 Å². The molecule has 0 amide bonds. The van der Waals surface area contributed by atoms with Crippen LogP contribution in [0, 0.1) is 24.4 Å². The fourth-order valence-electron chi connectivity index (χ4n) is 3.97. The molecular formula is C22H19F4N7. The van der Waals surface area contributed by atoms with Crippen molar-refractivity contribution < 1.29 is 17.6 Å². The molecule has 4 aromatic rings. The summed E-state index contributed by atoms with van der Waals surface area (Å²) in [6.07, 6.45) is 2.30. The topological polar surface area (TPSA) is 71.2 Å². The third kappa shape index (κ3) is 3.94. The van der Waals surface area contributed by atoms with E-state index in [1.165, 1.54) is 16.9 Å². The zero-order valence-electron chi connectivity index (χ0n) is 17.5. The van der Waals surface area contributed by atoms with Crippen molar-refractivity contribution in [1.82, 2.24) is 24.6 Å². The minimum Gasteiger partial charge on any atom is -0.353 e. The Hall–Kier alpha value is -3.76. The predicted molar refractivity (Wildman–Crippen MR) is 114 cm³/mol. The van der Waals surface area contributed by atoms with Crippen molar-refractivity contribution >= 4 is 17.4 Å². The van der Waals surface area contributed by atoms with Crippen molar-refractivity contribution in [2.24, 2.45) is 0 Å². The molecule has 0 bridgehead atoms. The van der Waals surface area contributed by atoms with E-state index in [0.29, 0.717) is 18.8 Å². The monoisotopic (exact) mass is 457 g/mol. The molecule has 1 aliphatic rings. The summed E-state index contributed by atoms with van der Waals surface area (Å²) in [6.45, 7) is 2.57. The number of alkyl halides is 1. The second-order valence-corrected chi connectivity index (χ2v) is 7.87. The third-order valence-corrected chi connectivity index (χ3v) is 5.66. The van der Waals surface area contributed by atoms with Gasteiger partial charge in [-0.15, -0.1) is 5.10 Å². The number of hydrogen-bond donors (Lipinski definition) is 1. The van der Waals surface area contributed by atoms with Gasteiger partial charge in [-0.3, -0.25) is 0 Å². The minimum absolute atomic E-state index is 0.143. The zero-order valence-corrected chi connectivity index (χ0v) is 17.5. The number of aryl methyl sites for hydroxylation is 1. The molecule has 5 rings (SSSR count). The van der Waals surface area contributed by atoms with E-state index < -0.39 is 29.7 Å². The molecule has 1 aliphatic heterocycles. The fourth-order valence-corrected chi connectivity index (χ4v) is 3.97. The molecular weight excluding hydrogens is 438 g/mol. The highest BCUT2D eigenvalue weighted by atomic mass is 19.2. The molecule has 2 atom stereocenters. The van der Waals surface area contributed by atoms with Crippen molar-refractivity contribution in [1.29, 1.82) is 0 Å². The standard InChI is InChI=1S/C22H19F4N7/c1-12-9-18(28-11-27-12)32-8-6-17(16(24)10-32)29-22-30-21-14(3-2-7-33(21)31-22)13-4-5-15(23)20(26)19(13)25/h2-5,7,9,11,16-17H,6,8,10H2,1H3,(H,29,31)/t16-,17+/m0/s1. The van der Waals surface area contributed by atoms with Gasteiger partial charge in [-0.25, -0.2) is 32.0 Å². The van der Waals surface area contributed by atoms with Gasteiger partial charge in [0.2, 0.25) is 5.95 Å². The number of nitrogens with one attached hydrogen (secondary N) is 1. The number of anilines is 2. The fraction of sp³-hybridized carbons (Fsp3) is 0.273. The number of fused-ring (bicyclic) bond motifs is 1. The summed E-state index contributed by atoms with van der Waals surface area (Å²) in [5.74, 6) is -3.31. The van der Waals surface area contributed by atoms with Gasteiger partial charge in [0, 0.05) is 35.6 Å². The summed E-state index contributed by atoms with van der Waals surface area (Å²) in [4.78, 5) is 14.5. The molecule has 11 heteroatoms. The maximum absolute atomic E-state index is 15.0. The molecule has 7 nitrogen and oxygen atoms in total. The van der Waals surface area contributed by atoms with Crippen LogP contribution in [0.1, 0.15) is 12.1 Å². The van der Waals surface area contributed by atoms with E-state index in [0.717, 1.165) is 17.8 Å². The summed E-state index contributed by atoms with van der Waals surface area (Å²) in [7, 11) is 0. The van der Waals surface area contributed by atoms with Crippen LogP contribution in [0.4, 0.5) is 29.3 Å². The number of aromatic nitrogens is 5. The van der Waals surface area contributed by atoms with Crippen molar-refractivity contribution in [3.63, 3.8) is 0 Å². The quantitative estimate of drug-likeness (QED) is 0.370. The maximum Gasteiger partial charge on any atom is 0.243 e. The van der Waals surface area contributed by atoms with Gasteiger partial charge in [-0.1, -0.05) is 0 Å². The Morgan fingerprint density at radius 1 is 1.06 bits per heavy atom. The van der Waals surface area contributed by atoms with Crippen molar-refractivity contribution in [2.45, 2.75) is 25.6 Å². The van der Waals surface area contributed by atoms with E-state index >= 15 is 0 Å². The maximum atomic E-state index is 15.0. The number of nitrogens with zero attached hydrogens (tertiary/aromatic N) is 6. The average molecular weight is 457 g/mol. The van der Waals surface area contributed by atoms with E-state index in [4.69, 9.17) is 0 Å². The van der Waals surface area contributed by atoms with Gasteiger partial charge in [-0.05, 0) is 37.6 Å². The average Bonchev–Trinajstić information content (AvgIpc) is 3.22. The first-order chi connectivity index (χ1) is 15.9. The van der Waals surface area contributed by atoms with Crippen LogP contribution >= 0.6 is 0 Å². The molecule has 1 fully saturated rings. The predicted octanol–water partition coefficient (Wildman–Crippen LogP) is 3.94. The van der Waals surface area contributed by atoms with Gasteiger partial charge < -0.3 is 10.2 Å². The first-order valence-electron chi connectivity index (χ1n) is 10.3. The zero-order chi connectivity index (χ0) is 23.1. The molecule has 1 N–H and O–H groups in total. The Kier molecular flexibility index (Phi) is 5.31. The van der Waals surface area contributed by atoms with Crippen LogP contribution in [0.15, 0.2) is 42.9 Å². The molecule has 0 aliphatic carbocycles. The lowest BCUT2D eigenvalue weighted by molar-refractivity contribution is 0.262. The smallest absolute Gasteiger partial charge is 0.243 e. The summed E-state index contributed by atoms with van der Waals surface area (Å²) in [5.41, 5.74) is 1.13. The van der Waals surface area contributed by atoms with Crippen molar-refractivity contribution in [2.75, 3.05) is 23.3 Å². The lowest BCUT2D eigenvalue weighted by atomic mass is 10.0. The molecule has 0 radical (unpaired) electrons. The molecule has 0 unspecified atom stereocenters. The van der Waals surface area contributed by atoms with E-state index in [2.05, 4.69) is 25.4 Å². The first kappa shape index (κ1) is 21.1. The summed E-state index contributed by atoms with van der Waals surface area (Å²) in [6, 6.07) is 6.39. The summed E-state index contributed by atoms with van der Waals surface area (Å²) in [5, 5.41) is 7.30. The van der Waals surface area contributed by atoms with Crippen molar-refractivity contribution in [3.8, 4) is 11.1 Å². The van der Waals surface area contributed by atoms with Crippen LogP contribution in [0.25, 0.3) is 16.8 Å². The molecule has 170 valence electrons. The Morgan fingerprint density at radius 2 is 1.91 bits per heavy atom. The van der Waals surface area contributed by atoms with E-state index in [9.17, 15) is 17.6 Å². The molecule has 1 aromatic carbocycles. The molecule has 4 heterocycles. The molecule has 33 heavy (non-hydrogen) atoms. The van der Waals surface area contributed by atoms with Gasteiger partial charge in [0.1, 0.15) is 18.3 Å². The second-order valence-electron chi connectivity index (χ2n) is 7.87. The Labute approximate surface area is 186 Å². The SMILES string of the molecule is Cc1cc(N2CC[C@@H](Nc3nc4c(-c5ccc(F)c(F)c5F)cccn4n3)[C@@H](F)C2)ncn1. The number of hydrogen-bond acceptors (Lipinski definition) is 6. The highest BCUT2D eigenvalue weighted by Gasteiger charge is 2.31. The number of halogens is 4. The van der Waals surface area contributed by atoms with E-state index in [1.807, 2.05) is 17.9 Å². The van der Waals surface area contributed by atoms with E-state index in [-0.39, 0.29) is 29.3 Å². The highest BCUT2D eigenvalue weighted by Crippen LogP contribution is 2.29. The van der Waals surface area contributed by atoms with Crippen molar-refractivity contribution in [3.05, 3.63) is 66.0 Å². The van der Waals surface area contributed by atoms with Crippen LogP contribution < -0.4 is 10.2 Å². The first-order valence-corrected chi connectivity index (χ1v) is 10.3. The normalized spacial score (nSPS) is 18.6. The van der Waals surface area contributed by atoms with Crippen LogP contribution in [-0.2, 0) is 0 Å². The van der Waals surface area contributed by atoms with Gasteiger partial charge in [0.15, 0.2) is 23.1 Å². The molecule has 1 saturated heterocycles. The number of piperidine rings is 1. The van der Waals surface area contributed by atoms with Crippen LogP contribution in [0.2, 0.25) is 0 Å². The van der Waals surface area contributed by atoms with Crippen LogP contribution in [-0.4, -0.2) is 49.9 Å². The summed E-state index contributed by atoms with van der Waals surface area (Å²) >= 11 is 0. The number of benzene rings is 1. The largest absolute Gasteiger partial charge is 0.353 e. The molecule has 0 spiro atoms. The van der Waals surface area contributed by atoms with Gasteiger partial charge in [0.25, 0.3) is 0 Å². The highest BCUT2D eigenvalue weighted by molar-refractivity contribution is 5.78. The Balaban J connectivity index is 1.38. The Morgan fingerprint density at radius 3 is 2.70 bits per heavy atom. The second kappa shape index (κ2) is 8.30. The van der Waals surface area contributed by atoms with Crippen LogP contribution in [0.3, 0.4) is 0 Å². The van der Waals surface area contributed by atoms with Gasteiger partial charge >= 0.3 is 0 Å².